The second kappa shape index (κ2) is 8.61. The summed E-state index contributed by atoms with van der Waals surface area (Å²) in [5, 5.41) is 0. The first-order chi connectivity index (χ1) is 14.8. The second-order valence-corrected chi connectivity index (χ2v) is 9.43. The number of amides is 1. The van der Waals surface area contributed by atoms with Crippen LogP contribution in [0.25, 0.3) is 0 Å². The summed E-state index contributed by atoms with van der Waals surface area (Å²) in [6, 6.07) is 17.9. The van der Waals surface area contributed by atoms with Crippen molar-refractivity contribution < 1.29 is 17.6 Å². The molecule has 0 saturated heterocycles. The summed E-state index contributed by atoms with van der Waals surface area (Å²) in [4.78, 5) is 14.7. The van der Waals surface area contributed by atoms with Crippen LogP contribution in [-0.2, 0) is 23.0 Å². The Morgan fingerprint density at radius 3 is 2.45 bits per heavy atom. The molecule has 1 N–H and O–H groups in total. The number of hydrogen-bond donors (Lipinski definition) is 1. The fourth-order valence-corrected chi connectivity index (χ4v) is 4.74. The smallest absolute Gasteiger partial charge is 0.258 e. The van der Waals surface area contributed by atoms with E-state index in [1.54, 1.807) is 17.0 Å². The lowest BCUT2D eigenvalue weighted by atomic mass is 10.0. The summed E-state index contributed by atoms with van der Waals surface area (Å²) in [7, 11) is -3.69. The maximum Gasteiger partial charge on any atom is 0.258 e. The molecule has 1 heterocycles. The van der Waals surface area contributed by atoms with E-state index in [9.17, 15) is 17.6 Å². The number of aryl methyl sites for hydroxylation is 2. The summed E-state index contributed by atoms with van der Waals surface area (Å²) in [5.74, 6) is -0.627. The average molecular weight is 439 g/mol. The lowest BCUT2D eigenvalue weighted by molar-refractivity contribution is 0.0985. The van der Waals surface area contributed by atoms with Gasteiger partial charge < -0.3 is 4.90 Å². The SMILES string of the molecule is Cc1ccc(CNS(=O)(=O)c2ccc3c(c2)CCCN3C(=O)c2ccc(F)cc2)cc1. The topological polar surface area (TPSA) is 66.5 Å². The van der Waals surface area contributed by atoms with E-state index in [4.69, 9.17) is 0 Å². The highest BCUT2D eigenvalue weighted by molar-refractivity contribution is 7.89. The minimum absolute atomic E-state index is 0.175. The van der Waals surface area contributed by atoms with Crippen molar-refractivity contribution in [1.82, 2.24) is 4.72 Å². The first-order valence-corrected chi connectivity index (χ1v) is 11.6. The van der Waals surface area contributed by atoms with E-state index in [2.05, 4.69) is 4.72 Å². The number of hydrogen-bond acceptors (Lipinski definition) is 3. The van der Waals surface area contributed by atoms with E-state index in [0.717, 1.165) is 23.1 Å². The quantitative estimate of drug-likeness (QED) is 0.649. The zero-order chi connectivity index (χ0) is 22.0. The summed E-state index contributed by atoms with van der Waals surface area (Å²) >= 11 is 0. The first-order valence-electron chi connectivity index (χ1n) is 10.1. The molecule has 0 fully saturated rings. The number of nitrogens with one attached hydrogen (secondary N) is 1. The number of nitrogens with zero attached hydrogens (tertiary/aromatic N) is 1. The van der Waals surface area contributed by atoms with Crippen molar-refractivity contribution in [2.24, 2.45) is 0 Å². The number of rotatable bonds is 5. The Morgan fingerprint density at radius 2 is 1.74 bits per heavy atom. The molecule has 0 aliphatic carbocycles. The molecule has 0 saturated carbocycles. The zero-order valence-electron chi connectivity index (χ0n) is 17.1. The lowest BCUT2D eigenvalue weighted by Crippen LogP contribution is -2.35. The van der Waals surface area contributed by atoms with Gasteiger partial charge in [0.2, 0.25) is 10.0 Å². The van der Waals surface area contributed by atoms with E-state index in [1.807, 2.05) is 31.2 Å². The second-order valence-electron chi connectivity index (χ2n) is 7.67. The largest absolute Gasteiger partial charge is 0.308 e. The van der Waals surface area contributed by atoms with Crippen LogP contribution in [0.2, 0.25) is 0 Å². The first kappa shape index (κ1) is 21.2. The van der Waals surface area contributed by atoms with Crippen molar-refractivity contribution in [2.75, 3.05) is 11.4 Å². The molecule has 3 aromatic rings. The van der Waals surface area contributed by atoms with Gasteiger partial charge in [0.25, 0.3) is 5.91 Å². The lowest BCUT2D eigenvalue weighted by Gasteiger charge is -2.30. The van der Waals surface area contributed by atoms with Crippen molar-refractivity contribution in [1.29, 1.82) is 0 Å². The van der Waals surface area contributed by atoms with E-state index in [0.29, 0.717) is 24.2 Å². The number of carbonyl (C=O) groups is 1. The molecule has 1 aliphatic heterocycles. The zero-order valence-corrected chi connectivity index (χ0v) is 18.0. The van der Waals surface area contributed by atoms with Gasteiger partial charge in [-0.3, -0.25) is 4.79 Å². The normalized spacial score (nSPS) is 13.7. The summed E-state index contributed by atoms with van der Waals surface area (Å²) in [6.07, 6.45) is 1.41. The van der Waals surface area contributed by atoms with Gasteiger partial charge in [0.05, 0.1) is 4.90 Å². The molecule has 0 bridgehead atoms. The number of sulfonamides is 1. The van der Waals surface area contributed by atoms with Gasteiger partial charge in [-0.1, -0.05) is 29.8 Å². The summed E-state index contributed by atoms with van der Waals surface area (Å²) in [6.45, 7) is 2.71. The van der Waals surface area contributed by atoms with Crippen LogP contribution in [0, 0.1) is 12.7 Å². The standard InChI is InChI=1S/C24H23FN2O3S/c1-17-4-6-18(7-5-17)16-26-31(29,30)22-12-13-23-20(15-22)3-2-14-27(23)24(28)19-8-10-21(25)11-9-19/h4-13,15,26H,2-3,14,16H2,1H3. The Bertz CT molecular complexity index is 1210. The molecular weight excluding hydrogens is 415 g/mol. The third kappa shape index (κ3) is 4.68. The number of halogens is 1. The van der Waals surface area contributed by atoms with E-state index >= 15 is 0 Å². The maximum atomic E-state index is 13.2. The molecular formula is C24H23FN2O3S. The molecule has 0 unspecified atom stereocenters. The summed E-state index contributed by atoms with van der Waals surface area (Å²) in [5.41, 5.74) is 3.88. The minimum atomic E-state index is -3.69. The van der Waals surface area contributed by atoms with Crippen molar-refractivity contribution in [3.8, 4) is 0 Å². The minimum Gasteiger partial charge on any atom is -0.308 e. The van der Waals surface area contributed by atoms with Gasteiger partial charge >= 0.3 is 0 Å². The Hall–Kier alpha value is -3.03. The molecule has 5 nitrogen and oxygen atoms in total. The third-order valence-corrected chi connectivity index (χ3v) is 6.80. The Morgan fingerprint density at radius 1 is 1.03 bits per heavy atom. The fraction of sp³-hybridized carbons (Fsp3) is 0.208. The molecule has 0 spiro atoms. The van der Waals surface area contributed by atoms with Crippen molar-refractivity contribution in [3.63, 3.8) is 0 Å². The van der Waals surface area contributed by atoms with E-state index < -0.39 is 15.8 Å². The van der Waals surface area contributed by atoms with Gasteiger partial charge in [-0.15, -0.1) is 0 Å². The molecule has 0 aromatic heterocycles. The van der Waals surface area contributed by atoms with Crippen LogP contribution in [0.1, 0.15) is 33.5 Å². The van der Waals surface area contributed by atoms with Gasteiger partial charge in [-0.25, -0.2) is 17.5 Å². The molecule has 1 amide bonds. The van der Waals surface area contributed by atoms with Gasteiger partial charge in [-0.05, 0) is 73.4 Å². The van der Waals surface area contributed by atoms with Crippen LogP contribution < -0.4 is 9.62 Å². The fourth-order valence-electron chi connectivity index (χ4n) is 3.67. The molecule has 4 rings (SSSR count). The van der Waals surface area contributed by atoms with Crippen molar-refractivity contribution in [3.05, 3.63) is 94.8 Å². The maximum absolute atomic E-state index is 13.2. The van der Waals surface area contributed by atoms with Crippen LogP contribution in [0.15, 0.2) is 71.6 Å². The highest BCUT2D eigenvalue weighted by Crippen LogP contribution is 2.30. The van der Waals surface area contributed by atoms with E-state index in [1.165, 1.54) is 30.3 Å². The van der Waals surface area contributed by atoms with Gasteiger partial charge in [0.1, 0.15) is 5.82 Å². The van der Waals surface area contributed by atoms with Gasteiger partial charge in [0.15, 0.2) is 0 Å². The van der Waals surface area contributed by atoms with E-state index in [-0.39, 0.29) is 17.3 Å². The van der Waals surface area contributed by atoms with Gasteiger partial charge in [-0.2, -0.15) is 0 Å². The monoisotopic (exact) mass is 438 g/mol. The Labute approximate surface area is 181 Å². The molecule has 0 atom stereocenters. The van der Waals surface area contributed by atoms with Crippen LogP contribution in [0.4, 0.5) is 10.1 Å². The van der Waals surface area contributed by atoms with Crippen molar-refractivity contribution in [2.45, 2.75) is 31.2 Å². The molecule has 31 heavy (non-hydrogen) atoms. The highest BCUT2D eigenvalue weighted by Gasteiger charge is 2.25. The predicted octanol–water partition coefficient (Wildman–Crippen LogP) is 4.21. The number of fused-ring (bicyclic) bond motifs is 1. The Balaban J connectivity index is 1.55. The summed E-state index contributed by atoms with van der Waals surface area (Å²) < 4.78 is 41.4. The Kier molecular flexibility index (Phi) is 5.89. The number of benzene rings is 3. The molecule has 7 heteroatoms. The van der Waals surface area contributed by atoms with Crippen molar-refractivity contribution >= 4 is 21.6 Å². The van der Waals surface area contributed by atoms with Crippen LogP contribution in [0.5, 0.6) is 0 Å². The molecule has 3 aromatic carbocycles. The number of carbonyl (C=O) groups excluding carboxylic acids is 1. The predicted molar refractivity (Wildman–Crippen MR) is 118 cm³/mol. The average Bonchev–Trinajstić information content (AvgIpc) is 2.78. The van der Waals surface area contributed by atoms with Crippen LogP contribution >= 0.6 is 0 Å². The van der Waals surface area contributed by atoms with Crippen LogP contribution in [-0.4, -0.2) is 20.9 Å². The number of anilines is 1. The molecule has 0 radical (unpaired) electrons. The highest BCUT2D eigenvalue weighted by atomic mass is 32.2. The van der Waals surface area contributed by atoms with Gasteiger partial charge in [0, 0.05) is 24.3 Å². The molecule has 1 aliphatic rings. The molecule has 160 valence electrons. The third-order valence-electron chi connectivity index (χ3n) is 5.40. The van der Waals surface area contributed by atoms with Crippen LogP contribution in [0.3, 0.4) is 0 Å².